The van der Waals surface area contributed by atoms with E-state index >= 15 is 0 Å². The minimum Gasteiger partial charge on any atom is -0.733 e. The molecule has 2 aromatic rings. The number of aryl methyl sites for hydroxylation is 1. The number of fused-ring (bicyclic) bond motifs is 1. The number of rotatable bonds is 10. The lowest BCUT2D eigenvalue weighted by atomic mass is 10.1. The fourth-order valence-electron chi connectivity index (χ4n) is 2.90. The molecular formula is C19H24N3O6-. The molecule has 1 aromatic carbocycles. The number of aliphatic hydroxyl groups is 1. The molecule has 0 radical (unpaired) electrons. The second-order valence-corrected chi connectivity index (χ2v) is 6.42. The van der Waals surface area contributed by atoms with Crippen LogP contribution in [0.25, 0.3) is 0 Å². The Kier molecular flexibility index (Phi) is 6.88. The number of ether oxygens (including phenoxy) is 3. The van der Waals surface area contributed by atoms with Gasteiger partial charge in [-0.3, -0.25) is 10.2 Å². The van der Waals surface area contributed by atoms with Crippen LogP contribution in [0.4, 0.5) is 5.69 Å². The second-order valence-electron chi connectivity index (χ2n) is 6.42. The highest BCUT2D eigenvalue weighted by atomic mass is 16.8. The summed E-state index contributed by atoms with van der Waals surface area (Å²) < 4.78 is 16.8. The summed E-state index contributed by atoms with van der Waals surface area (Å²) in [6.07, 6.45) is 4.14. The first kappa shape index (κ1) is 20.2. The zero-order valence-corrected chi connectivity index (χ0v) is 15.7. The lowest BCUT2D eigenvalue weighted by Gasteiger charge is -2.26. The van der Waals surface area contributed by atoms with Crippen LogP contribution >= 0.6 is 0 Å². The molecule has 2 heterocycles. The third kappa shape index (κ3) is 4.82. The van der Waals surface area contributed by atoms with Crippen molar-refractivity contribution < 1.29 is 24.5 Å². The molecule has 1 aliphatic heterocycles. The smallest absolute Gasteiger partial charge is 0.231 e. The first-order chi connectivity index (χ1) is 13.6. The Hall–Kier alpha value is -2.59. The molecule has 0 spiro atoms. The van der Waals surface area contributed by atoms with E-state index in [0.717, 1.165) is 25.0 Å². The molecule has 0 fully saturated rings. The number of nitrogens with one attached hydrogen (secondary N) is 1. The molecule has 0 saturated carbocycles. The van der Waals surface area contributed by atoms with Crippen molar-refractivity contribution in [1.82, 2.24) is 10.3 Å². The molecule has 1 aliphatic rings. The number of hydrogen-bond acceptors (Lipinski definition) is 9. The van der Waals surface area contributed by atoms with Crippen LogP contribution < -0.4 is 24.8 Å². The van der Waals surface area contributed by atoms with Crippen LogP contribution in [0.3, 0.4) is 0 Å². The van der Waals surface area contributed by atoms with Crippen molar-refractivity contribution in [1.29, 1.82) is 0 Å². The molecule has 0 aliphatic carbocycles. The predicted molar refractivity (Wildman–Crippen MR) is 102 cm³/mol. The molecule has 152 valence electrons. The monoisotopic (exact) mass is 390 g/mol. The fourth-order valence-corrected chi connectivity index (χ4v) is 2.90. The van der Waals surface area contributed by atoms with Gasteiger partial charge in [-0.2, -0.15) is 0 Å². The molecule has 3 N–H and O–H groups in total. The highest BCUT2D eigenvalue weighted by Crippen LogP contribution is 2.50. The first-order valence-electron chi connectivity index (χ1n) is 9.14. The van der Waals surface area contributed by atoms with Crippen molar-refractivity contribution in [3.63, 3.8) is 0 Å². The molecule has 0 amide bonds. The number of anilines is 1. The molecule has 0 atom stereocenters. The minimum absolute atomic E-state index is 0.00950. The first-order valence-corrected chi connectivity index (χ1v) is 9.14. The Labute approximate surface area is 163 Å². The van der Waals surface area contributed by atoms with Gasteiger partial charge >= 0.3 is 0 Å². The number of hydrogen-bond donors (Lipinski definition) is 3. The van der Waals surface area contributed by atoms with Crippen LogP contribution in [0.2, 0.25) is 0 Å². The van der Waals surface area contributed by atoms with E-state index < -0.39 is 0 Å². The molecule has 28 heavy (non-hydrogen) atoms. The summed E-state index contributed by atoms with van der Waals surface area (Å²) >= 11 is 0. The van der Waals surface area contributed by atoms with Gasteiger partial charge in [0.05, 0.1) is 6.20 Å². The third-order valence-electron chi connectivity index (χ3n) is 4.29. The van der Waals surface area contributed by atoms with Crippen molar-refractivity contribution in [2.75, 3.05) is 25.2 Å². The third-order valence-corrected chi connectivity index (χ3v) is 4.29. The highest BCUT2D eigenvalue weighted by Gasteiger charge is 2.27. The zero-order chi connectivity index (χ0) is 19.9. The molecule has 9 heteroatoms. The largest absolute Gasteiger partial charge is 0.733 e. The van der Waals surface area contributed by atoms with Gasteiger partial charge in [0.2, 0.25) is 12.5 Å². The molecule has 0 bridgehead atoms. The summed E-state index contributed by atoms with van der Waals surface area (Å²) in [5.41, 5.74) is 1.37. The number of benzene rings is 1. The molecule has 1 aromatic heterocycles. The number of pyridine rings is 1. The summed E-state index contributed by atoms with van der Waals surface area (Å²) in [5.74, 6) is 1.30. The summed E-state index contributed by atoms with van der Waals surface area (Å²) in [6, 6.07) is 5.25. The predicted octanol–water partition coefficient (Wildman–Crippen LogP) is 2.86. The Bertz CT molecular complexity index is 782. The Morgan fingerprint density at radius 1 is 1.25 bits per heavy atom. The highest BCUT2D eigenvalue weighted by molar-refractivity contribution is 5.73. The van der Waals surface area contributed by atoms with Crippen LogP contribution in [0.5, 0.6) is 23.0 Å². The summed E-state index contributed by atoms with van der Waals surface area (Å²) in [7, 11) is 0. The van der Waals surface area contributed by atoms with E-state index in [4.69, 9.17) is 19.3 Å². The van der Waals surface area contributed by atoms with E-state index in [-0.39, 0.29) is 35.8 Å². The van der Waals surface area contributed by atoms with Gasteiger partial charge in [-0.05, 0) is 56.5 Å². The summed E-state index contributed by atoms with van der Waals surface area (Å²) in [6.45, 7) is 3.01. The van der Waals surface area contributed by atoms with E-state index in [0.29, 0.717) is 30.2 Å². The maximum absolute atomic E-state index is 11.7. The normalized spacial score (nSPS) is 12.3. The summed E-state index contributed by atoms with van der Waals surface area (Å²) in [5, 5.41) is 33.2. The van der Waals surface area contributed by atoms with E-state index in [1.807, 2.05) is 13.0 Å². The van der Waals surface area contributed by atoms with Crippen molar-refractivity contribution in [2.45, 2.75) is 32.7 Å². The molecule has 0 unspecified atom stereocenters. The average Bonchev–Trinajstić information content (AvgIpc) is 3.16. The van der Waals surface area contributed by atoms with E-state index in [9.17, 15) is 10.4 Å². The van der Waals surface area contributed by atoms with Crippen LogP contribution in [0, 0.1) is 12.1 Å². The maximum atomic E-state index is 11.7. The Morgan fingerprint density at radius 3 is 2.79 bits per heavy atom. The van der Waals surface area contributed by atoms with Crippen LogP contribution in [-0.2, 0) is 6.54 Å². The topological polar surface area (TPSA) is 119 Å². The molecule has 3 rings (SSSR count). The van der Waals surface area contributed by atoms with E-state index in [1.54, 1.807) is 18.3 Å². The summed E-state index contributed by atoms with van der Waals surface area (Å²) in [4.78, 5) is 4.20. The van der Waals surface area contributed by atoms with Gasteiger partial charge in [0.15, 0.2) is 11.5 Å². The van der Waals surface area contributed by atoms with Gasteiger partial charge in [0, 0.05) is 18.8 Å². The van der Waals surface area contributed by atoms with Gasteiger partial charge in [-0.1, -0.05) is 0 Å². The number of unbranched alkanes of at least 4 members (excludes halogenated alkanes) is 2. The minimum atomic E-state index is -0.215. The van der Waals surface area contributed by atoms with Gasteiger partial charge in [0.25, 0.3) is 0 Å². The molecule has 9 nitrogen and oxygen atoms in total. The van der Waals surface area contributed by atoms with Gasteiger partial charge in [-0.25, -0.2) is 0 Å². The molecule has 0 saturated heterocycles. The number of aromatic nitrogens is 1. The molecular weight excluding hydrogens is 366 g/mol. The van der Waals surface area contributed by atoms with Crippen molar-refractivity contribution in [3.8, 4) is 23.0 Å². The maximum Gasteiger partial charge on any atom is 0.231 e. The van der Waals surface area contributed by atoms with Crippen molar-refractivity contribution >= 4 is 5.69 Å². The zero-order valence-electron chi connectivity index (χ0n) is 15.7. The Morgan fingerprint density at radius 2 is 2.07 bits per heavy atom. The van der Waals surface area contributed by atoms with Crippen LogP contribution in [0.1, 0.15) is 30.5 Å². The van der Waals surface area contributed by atoms with Crippen molar-refractivity contribution in [2.24, 2.45) is 0 Å². The van der Waals surface area contributed by atoms with Gasteiger partial charge < -0.3 is 35.1 Å². The van der Waals surface area contributed by atoms with Gasteiger partial charge in [-0.15, -0.1) is 0 Å². The lowest BCUT2D eigenvalue weighted by molar-refractivity contribution is 0.171. The Balaban J connectivity index is 1.82. The van der Waals surface area contributed by atoms with Crippen LogP contribution in [-0.4, -0.2) is 35.2 Å². The van der Waals surface area contributed by atoms with E-state index in [2.05, 4.69) is 10.3 Å². The SMILES string of the molecule is Cc1ccc(Oc2cc(CNCCCCCO)c(N([O-])O)c3c2OCO3)cn1. The number of aliphatic hydroxyl groups excluding tert-OH is 1. The lowest BCUT2D eigenvalue weighted by Crippen LogP contribution is -2.18. The second kappa shape index (κ2) is 9.56. The number of nitrogens with zero attached hydrogens (tertiary/aromatic N) is 2. The van der Waals surface area contributed by atoms with Gasteiger partial charge in [0.1, 0.15) is 11.4 Å². The van der Waals surface area contributed by atoms with Crippen LogP contribution in [0.15, 0.2) is 24.4 Å². The standard InChI is InChI=1S/C19H24N3O6/c1-13-5-6-15(11-21-13)28-16-9-14(10-20-7-3-2-4-8-23)17(22(24)25)19-18(16)26-12-27-19/h5-6,9,11,20,23-24H,2-4,7-8,10,12H2,1H3/q-1. The quantitative estimate of drug-likeness (QED) is 0.415. The van der Waals surface area contributed by atoms with Crippen molar-refractivity contribution in [3.05, 3.63) is 40.9 Å². The van der Waals surface area contributed by atoms with E-state index in [1.165, 1.54) is 0 Å². The fraction of sp³-hybridized carbons (Fsp3) is 0.421. The average molecular weight is 390 g/mol.